The van der Waals surface area contributed by atoms with Crippen molar-refractivity contribution in [2.45, 2.75) is 39.0 Å². The lowest BCUT2D eigenvalue weighted by molar-refractivity contribution is 0.155. The molecule has 2 atom stereocenters. The second-order valence-corrected chi connectivity index (χ2v) is 9.31. The molecule has 1 fully saturated rings. The van der Waals surface area contributed by atoms with E-state index in [0.717, 1.165) is 31.7 Å². The molecule has 2 unspecified atom stereocenters. The summed E-state index contributed by atoms with van der Waals surface area (Å²) < 4.78 is 24.4. The third-order valence-corrected chi connectivity index (χ3v) is 7.27. The lowest BCUT2D eigenvalue weighted by atomic mass is 9.85. The number of rotatable bonds is 7. The van der Waals surface area contributed by atoms with E-state index in [1.54, 1.807) is 18.7 Å². The van der Waals surface area contributed by atoms with Gasteiger partial charge in [-0.15, -0.1) is 0 Å². The Morgan fingerprint density at radius 2 is 2.11 bits per heavy atom. The predicted molar refractivity (Wildman–Crippen MR) is 84.2 cm³/mol. The van der Waals surface area contributed by atoms with E-state index in [1.807, 2.05) is 0 Å². The summed E-state index contributed by atoms with van der Waals surface area (Å²) in [5, 5.41) is -0.320. The maximum absolute atomic E-state index is 12.2. The third-order valence-electron chi connectivity index (χ3n) is 3.94. The van der Waals surface area contributed by atoms with Crippen LogP contribution in [0.4, 0.5) is 0 Å². The molecule has 1 aliphatic heterocycles. The van der Waals surface area contributed by atoms with E-state index in [-0.39, 0.29) is 16.5 Å². The van der Waals surface area contributed by atoms with Gasteiger partial charge in [0.25, 0.3) is 0 Å². The molecule has 1 rings (SSSR count). The Bertz CT molecular complexity index is 373. The molecule has 6 heteroatoms. The Balaban J connectivity index is 2.83. The van der Waals surface area contributed by atoms with Gasteiger partial charge in [-0.1, -0.05) is 27.2 Å². The van der Waals surface area contributed by atoms with E-state index in [4.69, 9.17) is 5.73 Å². The SMILES string of the molecule is CCCC(C)(CN)CN1CCSCC1S(=O)(=O)CC. The highest BCUT2D eigenvalue weighted by Gasteiger charge is 2.36. The molecule has 0 aromatic heterocycles. The van der Waals surface area contributed by atoms with E-state index in [9.17, 15) is 8.42 Å². The molecule has 0 aromatic carbocycles. The molecule has 0 bridgehead atoms. The average Bonchev–Trinajstić information content (AvgIpc) is 2.39. The first-order valence-corrected chi connectivity index (χ1v) is 9.99. The number of thioether (sulfide) groups is 1. The van der Waals surface area contributed by atoms with E-state index in [1.165, 1.54) is 0 Å². The van der Waals surface area contributed by atoms with Crippen LogP contribution >= 0.6 is 11.8 Å². The summed E-state index contributed by atoms with van der Waals surface area (Å²) in [5.41, 5.74) is 5.94. The van der Waals surface area contributed by atoms with Crippen LogP contribution in [0.2, 0.25) is 0 Å². The molecule has 0 spiro atoms. The average molecular weight is 309 g/mol. The predicted octanol–water partition coefficient (Wildman–Crippen LogP) is 1.56. The quantitative estimate of drug-likeness (QED) is 0.773. The van der Waals surface area contributed by atoms with E-state index in [2.05, 4.69) is 18.7 Å². The van der Waals surface area contributed by atoms with Crippen LogP contribution in [-0.2, 0) is 9.84 Å². The topological polar surface area (TPSA) is 63.4 Å². The van der Waals surface area contributed by atoms with Crippen molar-refractivity contribution in [3.8, 4) is 0 Å². The van der Waals surface area contributed by atoms with Crippen LogP contribution in [0.5, 0.6) is 0 Å². The van der Waals surface area contributed by atoms with Crippen molar-refractivity contribution in [2.24, 2.45) is 11.1 Å². The molecule has 0 aromatic rings. The van der Waals surface area contributed by atoms with Crippen LogP contribution in [0.15, 0.2) is 0 Å². The minimum atomic E-state index is -3.00. The summed E-state index contributed by atoms with van der Waals surface area (Å²) in [6, 6.07) is 0. The van der Waals surface area contributed by atoms with Gasteiger partial charge >= 0.3 is 0 Å². The highest BCUT2D eigenvalue weighted by Crippen LogP contribution is 2.28. The second-order valence-electron chi connectivity index (χ2n) is 5.72. The van der Waals surface area contributed by atoms with Crippen LogP contribution in [0.25, 0.3) is 0 Å². The lowest BCUT2D eigenvalue weighted by Crippen LogP contribution is -2.52. The van der Waals surface area contributed by atoms with Gasteiger partial charge in [0.2, 0.25) is 0 Å². The fraction of sp³-hybridized carbons (Fsp3) is 1.00. The fourth-order valence-corrected chi connectivity index (χ4v) is 5.74. The van der Waals surface area contributed by atoms with Gasteiger partial charge in [-0.25, -0.2) is 8.42 Å². The van der Waals surface area contributed by atoms with Crippen LogP contribution in [-0.4, -0.2) is 55.6 Å². The van der Waals surface area contributed by atoms with Gasteiger partial charge in [-0.2, -0.15) is 11.8 Å². The second kappa shape index (κ2) is 7.29. The summed E-state index contributed by atoms with van der Waals surface area (Å²) in [6.45, 7) is 8.33. The maximum Gasteiger partial charge on any atom is 0.166 e. The van der Waals surface area contributed by atoms with Gasteiger partial charge in [0.15, 0.2) is 9.84 Å². The molecule has 0 amide bonds. The summed E-state index contributed by atoms with van der Waals surface area (Å²) in [6.07, 6.45) is 2.13. The number of sulfone groups is 1. The molecular formula is C13H28N2O2S2. The zero-order valence-electron chi connectivity index (χ0n) is 12.4. The zero-order valence-corrected chi connectivity index (χ0v) is 14.0. The number of hydrogen-bond donors (Lipinski definition) is 1. The van der Waals surface area contributed by atoms with Gasteiger partial charge in [-0.3, -0.25) is 4.90 Å². The first-order valence-electron chi connectivity index (χ1n) is 7.12. The van der Waals surface area contributed by atoms with Crippen molar-refractivity contribution < 1.29 is 8.42 Å². The van der Waals surface area contributed by atoms with E-state index in [0.29, 0.717) is 12.3 Å². The van der Waals surface area contributed by atoms with Crippen LogP contribution in [0.3, 0.4) is 0 Å². The summed E-state index contributed by atoms with van der Waals surface area (Å²) >= 11 is 1.74. The fourth-order valence-electron chi connectivity index (χ4n) is 2.66. The highest BCUT2D eigenvalue weighted by atomic mass is 32.2. The Morgan fingerprint density at radius 1 is 1.42 bits per heavy atom. The normalized spacial score (nSPS) is 25.2. The number of hydrogen-bond acceptors (Lipinski definition) is 5. The minimum absolute atomic E-state index is 0.0261. The molecule has 0 saturated carbocycles. The molecule has 4 nitrogen and oxygen atoms in total. The molecular weight excluding hydrogens is 280 g/mol. The van der Waals surface area contributed by atoms with Crippen molar-refractivity contribution in [2.75, 3.05) is 36.9 Å². The van der Waals surface area contributed by atoms with Gasteiger partial charge in [0.1, 0.15) is 5.37 Å². The van der Waals surface area contributed by atoms with Gasteiger partial charge < -0.3 is 5.73 Å². The summed E-state index contributed by atoms with van der Waals surface area (Å²) in [7, 11) is -3.00. The standard InChI is InChI=1S/C13H28N2O2S2/c1-4-6-13(3,10-14)11-15-7-8-18-9-12(15)19(16,17)5-2/h12H,4-11,14H2,1-3H3. The van der Waals surface area contributed by atoms with Gasteiger partial charge in [0, 0.05) is 30.3 Å². The molecule has 0 radical (unpaired) electrons. The Labute approximate surface area is 122 Å². The van der Waals surface area contributed by atoms with E-state index >= 15 is 0 Å². The lowest BCUT2D eigenvalue weighted by Gasteiger charge is -2.40. The van der Waals surface area contributed by atoms with Crippen molar-refractivity contribution >= 4 is 21.6 Å². The van der Waals surface area contributed by atoms with Gasteiger partial charge in [0.05, 0.1) is 0 Å². The zero-order chi connectivity index (χ0) is 14.5. The first-order chi connectivity index (χ1) is 8.88. The van der Waals surface area contributed by atoms with Crippen molar-refractivity contribution in [3.05, 3.63) is 0 Å². The minimum Gasteiger partial charge on any atom is -0.330 e. The third kappa shape index (κ3) is 4.62. The summed E-state index contributed by atoms with van der Waals surface area (Å²) in [4.78, 5) is 2.15. The maximum atomic E-state index is 12.2. The molecule has 1 aliphatic rings. The monoisotopic (exact) mass is 308 g/mol. The molecule has 1 saturated heterocycles. The molecule has 0 aliphatic carbocycles. The van der Waals surface area contributed by atoms with Crippen molar-refractivity contribution in [1.29, 1.82) is 0 Å². The first kappa shape index (κ1) is 17.3. The Hall–Kier alpha value is 0.220. The smallest absolute Gasteiger partial charge is 0.166 e. The van der Waals surface area contributed by atoms with Gasteiger partial charge in [-0.05, 0) is 18.4 Å². The van der Waals surface area contributed by atoms with Crippen molar-refractivity contribution in [3.63, 3.8) is 0 Å². The largest absolute Gasteiger partial charge is 0.330 e. The van der Waals surface area contributed by atoms with Crippen LogP contribution in [0.1, 0.15) is 33.6 Å². The number of nitrogens with two attached hydrogens (primary N) is 1. The highest BCUT2D eigenvalue weighted by molar-refractivity contribution is 8.01. The Morgan fingerprint density at radius 3 is 2.63 bits per heavy atom. The Kier molecular flexibility index (Phi) is 6.63. The van der Waals surface area contributed by atoms with Crippen molar-refractivity contribution in [1.82, 2.24) is 4.90 Å². The van der Waals surface area contributed by atoms with E-state index < -0.39 is 9.84 Å². The van der Waals surface area contributed by atoms with Crippen LogP contribution in [0, 0.1) is 5.41 Å². The molecule has 114 valence electrons. The van der Waals surface area contributed by atoms with Crippen LogP contribution < -0.4 is 5.73 Å². The molecule has 1 heterocycles. The molecule has 19 heavy (non-hydrogen) atoms. The molecule has 2 N–H and O–H groups in total. The number of nitrogens with zero attached hydrogens (tertiary/aromatic N) is 1. The summed E-state index contributed by atoms with van der Waals surface area (Å²) in [5.74, 6) is 1.94.